The van der Waals surface area contributed by atoms with Gasteiger partial charge < -0.3 is 4.74 Å². The fourth-order valence-corrected chi connectivity index (χ4v) is 1.41. The number of ether oxygens (including phenoxy) is 1. The van der Waals surface area contributed by atoms with Crippen LogP contribution in [0, 0.1) is 0 Å². The standard InChI is InChI=1S/C11H11BrO3/c1-15-11(14)6-8-2-4-9(5-3-8)10(13)7-12/h2-5H,6-7H2,1H3/i1D3. The molecule has 0 heterocycles. The van der Waals surface area contributed by atoms with E-state index in [9.17, 15) is 9.59 Å². The van der Waals surface area contributed by atoms with Crippen molar-refractivity contribution in [2.24, 2.45) is 0 Å². The molecule has 0 aliphatic carbocycles. The highest BCUT2D eigenvalue weighted by atomic mass is 79.9. The summed E-state index contributed by atoms with van der Waals surface area (Å²) >= 11 is 3.06. The molecule has 4 heteroatoms. The molecule has 0 aromatic heterocycles. The summed E-state index contributed by atoms with van der Waals surface area (Å²) in [5.74, 6) is -0.888. The van der Waals surface area contributed by atoms with Crippen LogP contribution in [0.3, 0.4) is 0 Å². The Morgan fingerprint density at radius 3 is 2.60 bits per heavy atom. The molecule has 0 N–H and O–H groups in total. The molecule has 3 nitrogen and oxygen atoms in total. The summed E-state index contributed by atoms with van der Waals surface area (Å²) in [4.78, 5) is 22.6. The van der Waals surface area contributed by atoms with E-state index in [1.807, 2.05) is 0 Å². The lowest BCUT2D eigenvalue weighted by atomic mass is 10.1. The number of ketones is 1. The highest BCUT2D eigenvalue weighted by molar-refractivity contribution is 9.09. The zero-order valence-electron chi connectivity index (χ0n) is 10.8. The zero-order chi connectivity index (χ0) is 13.8. The first kappa shape index (κ1) is 8.05. The zero-order valence-corrected chi connectivity index (χ0v) is 9.41. The molecule has 1 rings (SSSR count). The van der Waals surface area contributed by atoms with Crippen LogP contribution in [0.1, 0.15) is 20.0 Å². The number of halogens is 1. The molecule has 0 aliphatic rings. The number of methoxy groups -OCH3 is 1. The average molecular weight is 274 g/mol. The first-order chi connectivity index (χ1) is 8.31. The molecule has 0 bridgehead atoms. The van der Waals surface area contributed by atoms with E-state index in [-0.39, 0.29) is 17.5 Å². The number of hydrogen-bond acceptors (Lipinski definition) is 3. The maximum atomic E-state index is 11.3. The average Bonchev–Trinajstić information content (AvgIpc) is 2.26. The smallest absolute Gasteiger partial charge is 0.309 e. The van der Waals surface area contributed by atoms with Gasteiger partial charge in [-0.3, -0.25) is 9.59 Å². The van der Waals surface area contributed by atoms with E-state index in [2.05, 4.69) is 20.7 Å². The van der Waals surface area contributed by atoms with E-state index in [1.165, 1.54) is 0 Å². The molecule has 0 saturated carbocycles. The number of carbonyl (C=O) groups excluding carboxylic acids is 2. The van der Waals surface area contributed by atoms with Crippen LogP contribution in [0.5, 0.6) is 0 Å². The summed E-state index contributed by atoms with van der Waals surface area (Å²) in [5, 5.41) is 0.230. The van der Waals surface area contributed by atoms with E-state index in [0.29, 0.717) is 11.1 Å². The first-order valence-corrected chi connectivity index (χ1v) is 5.34. The minimum Gasteiger partial charge on any atom is -0.469 e. The number of hydrogen-bond donors (Lipinski definition) is 0. The van der Waals surface area contributed by atoms with Crippen molar-refractivity contribution in [2.75, 3.05) is 12.4 Å². The van der Waals surface area contributed by atoms with E-state index >= 15 is 0 Å². The van der Waals surface area contributed by atoms with Gasteiger partial charge in [0.25, 0.3) is 0 Å². The van der Waals surface area contributed by atoms with Crippen molar-refractivity contribution >= 4 is 27.7 Å². The number of esters is 1. The van der Waals surface area contributed by atoms with Crippen molar-refractivity contribution < 1.29 is 18.4 Å². The van der Waals surface area contributed by atoms with Crippen LogP contribution in [0.25, 0.3) is 0 Å². The van der Waals surface area contributed by atoms with Gasteiger partial charge in [0.05, 0.1) is 22.9 Å². The van der Waals surface area contributed by atoms with Crippen molar-refractivity contribution in [1.29, 1.82) is 0 Å². The Morgan fingerprint density at radius 2 is 2.07 bits per heavy atom. The van der Waals surface area contributed by atoms with E-state index in [0.717, 1.165) is 0 Å². The van der Waals surface area contributed by atoms with Gasteiger partial charge in [-0.2, -0.15) is 0 Å². The van der Waals surface area contributed by atoms with Crippen molar-refractivity contribution in [3.05, 3.63) is 35.4 Å². The van der Waals surface area contributed by atoms with Crippen LogP contribution in [-0.2, 0) is 16.0 Å². The lowest BCUT2D eigenvalue weighted by Gasteiger charge is -2.01. The van der Waals surface area contributed by atoms with E-state index in [4.69, 9.17) is 4.11 Å². The Kier molecular flexibility index (Phi) is 3.03. The Bertz CT molecular complexity index is 440. The van der Waals surface area contributed by atoms with Gasteiger partial charge in [-0.1, -0.05) is 40.2 Å². The minimum absolute atomic E-state index is 0.0633. The quantitative estimate of drug-likeness (QED) is 0.479. The molecular weight excluding hydrogens is 260 g/mol. The van der Waals surface area contributed by atoms with Crippen LogP contribution in [0.4, 0.5) is 0 Å². The van der Waals surface area contributed by atoms with Gasteiger partial charge >= 0.3 is 5.97 Å². The fourth-order valence-electron chi connectivity index (χ4n) is 1.09. The van der Waals surface area contributed by atoms with Gasteiger partial charge in [0.15, 0.2) is 5.78 Å². The van der Waals surface area contributed by atoms with E-state index < -0.39 is 13.0 Å². The molecule has 15 heavy (non-hydrogen) atoms. The first-order valence-electron chi connectivity index (χ1n) is 5.72. The third-order valence-electron chi connectivity index (χ3n) is 1.86. The van der Waals surface area contributed by atoms with Gasteiger partial charge in [-0.05, 0) is 5.56 Å². The number of benzene rings is 1. The molecule has 80 valence electrons. The second kappa shape index (κ2) is 5.66. The molecule has 0 saturated heterocycles. The van der Waals surface area contributed by atoms with Crippen LogP contribution in [0.15, 0.2) is 24.3 Å². The van der Waals surface area contributed by atoms with Gasteiger partial charge in [0, 0.05) is 5.56 Å². The molecule has 1 aromatic carbocycles. The highest BCUT2D eigenvalue weighted by Crippen LogP contribution is 2.07. The minimum atomic E-state index is -2.72. The molecule has 0 aliphatic heterocycles. The summed E-state index contributed by atoms with van der Waals surface area (Å²) in [7, 11) is -2.72. The topological polar surface area (TPSA) is 43.4 Å². The largest absolute Gasteiger partial charge is 0.469 e. The molecular formula is C11H11BrO3. The van der Waals surface area contributed by atoms with Gasteiger partial charge in [-0.25, -0.2) is 0 Å². The predicted molar refractivity (Wildman–Crippen MR) is 60.3 cm³/mol. The Hall–Kier alpha value is -1.16. The maximum absolute atomic E-state index is 11.3. The SMILES string of the molecule is [2H]C([2H])([2H])OC(=O)Cc1ccc(C(=O)CBr)cc1. The normalized spacial score (nSPS) is 13.5. The number of alkyl halides is 1. The lowest BCUT2D eigenvalue weighted by molar-refractivity contribution is -0.139. The Morgan fingerprint density at radius 1 is 1.40 bits per heavy atom. The summed E-state index contributed by atoms with van der Waals surface area (Å²) in [6, 6.07) is 6.36. The summed E-state index contributed by atoms with van der Waals surface area (Å²) < 4.78 is 24.6. The predicted octanol–water partition coefficient (Wildman–Crippen LogP) is 1.98. The molecule has 0 fully saturated rings. The number of Topliss-reactive ketones (excluding diaryl/α,β-unsaturated/α-hetero) is 1. The molecule has 1 aromatic rings. The van der Waals surface area contributed by atoms with E-state index in [1.54, 1.807) is 24.3 Å². The monoisotopic (exact) mass is 273 g/mol. The molecule has 0 spiro atoms. The summed E-state index contributed by atoms with van der Waals surface area (Å²) in [6.07, 6.45) is -0.138. The molecule has 0 amide bonds. The Balaban J connectivity index is 2.64. The van der Waals surface area contributed by atoms with Crippen LogP contribution >= 0.6 is 15.9 Å². The van der Waals surface area contributed by atoms with Crippen LogP contribution in [-0.4, -0.2) is 24.1 Å². The number of rotatable bonds is 4. The third-order valence-corrected chi connectivity index (χ3v) is 2.37. The molecule has 0 radical (unpaired) electrons. The van der Waals surface area contributed by atoms with Crippen LogP contribution < -0.4 is 0 Å². The lowest BCUT2D eigenvalue weighted by Crippen LogP contribution is -2.05. The summed E-state index contributed by atoms with van der Waals surface area (Å²) in [5.41, 5.74) is 1.12. The molecule has 0 atom stereocenters. The molecule has 0 unspecified atom stereocenters. The van der Waals surface area contributed by atoms with Gasteiger partial charge in [0.2, 0.25) is 0 Å². The second-order valence-electron chi connectivity index (χ2n) is 2.90. The van der Waals surface area contributed by atoms with Crippen molar-refractivity contribution in [3.63, 3.8) is 0 Å². The number of carbonyl (C=O) groups is 2. The van der Waals surface area contributed by atoms with Crippen molar-refractivity contribution in [1.82, 2.24) is 0 Å². The fraction of sp³-hybridized carbons (Fsp3) is 0.273. The van der Waals surface area contributed by atoms with Crippen LogP contribution in [0.2, 0.25) is 0 Å². The second-order valence-corrected chi connectivity index (χ2v) is 3.47. The maximum Gasteiger partial charge on any atom is 0.309 e. The van der Waals surface area contributed by atoms with Crippen molar-refractivity contribution in [3.8, 4) is 0 Å². The third kappa shape index (κ3) is 3.47. The Labute approximate surface area is 101 Å². The van der Waals surface area contributed by atoms with Gasteiger partial charge in [-0.15, -0.1) is 0 Å². The van der Waals surface area contributed by atoms with Gasteiger partial charge in [0.1, 0.15) is 0 Å². The van der Waals surface area contributed by atoms with Crippen molar-refractivity contribution in [2.45, 2.75) is 6.42 Å². The summed E-state index contributed by atoms with van der Waals surface area (Å²) in [6.45, 7) is 0. The highest BCUT2D eigenvalue weighted by Gasteiger charge is 2.05.